The second kappa shape index (κ2) is 23.2. The van der Waals surface area contributed by atoms with E-state index in [2.05, 4.69) is 50.1 Å². The molecule has 0 radical (unpaired) electrons. The number of thiol groups is 4. The Bertz CT molecular complexity index is 246. The summed E-state index contributed by atoms with van der Waals surface area (Å²) < 4.78 is 10.0. The molecule has 4 nitrogen and oxygen atoms in total. The highest BCUT2D eigenvalue weighted by Gasteiger charge is 2.20. The summed E-state index contributed by atoms with van der Waals surface area (Å²) in [6.07, 6.45) is -2.48. The van der Waals surface area contributed by atoms with Crippen molar-refractivity contribution in [3.63, 3.8) is 0 Å². The van der Waals surface area contributed by atoms with E-state index in [0.717, 1.165) is 5.49 Å². The minimum Gasteiger partial charge on any atom is -0.390 e. The zero-order chi connectivity index (χ0) is 20.8. The number of aliphatic hydroxyl groups is 4. The molecule has 0 aromatic rings. The van der Waals surface area contributed by atoms with Crippen LogP contribution in [0.1, 0.15) is 4.40 Å². The van der Waals surface area contributed by atoms with E-state index in [-0.39, 0.29) is 12.9 Å². The molecule has 2 fully saturated rings. The SMILES string of the molecule is OC(CS)C(O)CS.OC1CSSCC1O.P1PSS1.SCPS.[2H][3H].[3HH]. The average molecular weight is 556 g/mol. The van der Waals surface area contributed by atoms with Crippen LogP contribution >= 0.6 is 115 Å². The van der Waals surface area contributed by atoms with E-state index in [4.69, 9.17) is 23.4 Å². The van der Waals surface area contributed by atoms with Gasteiger partial charge in [-0.3, -0.25) is 0 Å². The lowest BCUT2D eigenvalue weighted by Crippen LogP contribution is -2.32. The van der Waals surface area contributed by atoms with Crippen LogP contribution in [0.3, 0.4) is 0 Å². The molecule has 2 aliphatic heterocycles. The first-order valence-electron chi connectivity index (χ1n) is 7.43. The van der Waals surface area contributed by atoms with Crippen LogP contribution < -0.4 is 0 Å². The Kier molecular flexibility index (Phi) is 27.0. The number of hydrogen-bond donors (Lipinski definition) is 8. The summed E-state index contributed by atoms with van der Waals surface area (Å²) in [6.45, 7) is 0. The van der Waals surface area contributed by atoms with Crippen LogP contribution in [0.4, 0.5) is 0 Å². The van der Waals surface area contributed by atoms with Gasteiger partial charge in [-0.25, -0.2) is 0 Å². The van der Waals surface area contributed by atoms with Gasteiger partial charge in [-0.05, 0) is 14.9 Å². The molecular weight excluding hydrogens is 522 g/mol. The molecular formula is C9H29O4P3S8. The largest absolute Gasteiger partial charge is 0.390 e. The van der Waals surface area contributed by atoms with Gasteiger partial charge < -0.3 is 20.4 Å². The average Bonchev–Trinajstić information content (AvgIpc) is 2.63. The molecule has 15 heteroatoms. The highest BCUT2D eigenvalue weighted by Crippen LogP contribution is 2.76. The molecule has 2 saturated heterocycles. The Hall–Kier alpha value is 3.93. The maximum absolute atomic E-state index is 8.89. The molecule has 0 saturated carbocycles. The van der Waals surface area contributed by atoms with Crippen molar-refractivity contribution in [2.45, 2.75) is 24.4 Å². The van der Waals surface area contributed by atoms with E-state index >= 15 is 0 Å². The number of aliphatic hydroxyl groups excluding tert-OH is 4. The first kappa shape index (κ1) is 27.9. The van der Waals surface area contributed by atoms with Crippen molar-refractivity contribution in [2.75, 3.05) is 28.5 Å². The zero-order valence-electron chi connectivity index (χ0n) is 14.6. The van der Waals surface area contributed by atoms with E-state index in [1.165, 1.54) is 14.9 Å². The molecule has 152 valence electrons. The summed E-state index contributed by atoms with van der Waals surface area (Å²) >= 11 is 15.3. The molecule has 0 aromatic carbocycles. The molecule has 0 amide bonds. The van der Waals surface area contributed by atoms with Crippen LogP contribution in [0.25, 0.3) is 0 Å². The predicted octanol–water partition coefficient (Wildman–Crippen LogP) is 4.04. The van der Waals surface area contributed by atoms with Crippen molar-refractivity contribution < 1.29 is 24.8 Å². The molecule has 4 N–H and O–H groups in total. The summed E-state index contributed by atoms with van der Waals surface area (Å²) in [5, 5.41) is 35.3. The van der Waals surface area contributed by atoms with Gasteiger partial charge in [-0.2, -0.15) is 50.1 Å². The fourth-order valence-electron chi connectivity index (χ4n) is 0.743. The third-order valence-electron chi connectivity index (χ3n) is 2.06. The summed E-state index contributed by atoms with van der Waals surface area (Å²) in [6, 6.07) is 0. The molecule has 0 aromatic heterocycles. The van der Waals surface area contributed by atoms with E-state index in [9.17, 15) is 0 Å². The standard InChI is InChI=1S/C4H8O2S2.C4H10O2S2.CH5PS2.H2P2S2.2H2/c5-3-1-7-8-2-4(3)6;5-3(1-7)4(6)2-8;3-1-2-4;1-2-4-3-1;;/h3-6H,1-2H2;3-8H,1-2H2;2-4H,1H2;1-2H;2*1H/i;;;;1+2D;1+2. The fourth-order valence-corrected chi connectivity index (χ4v) is 6.89. The highest BCUT2D eigenvalue weighted by molar-refractivity contribution is 9.31. The number of hydrogen-bond acceptors (Lipinski definition) is 12. The molecule has 7 atom stereocenters. The zero-order valence-corrected chi connectivity index (χ0v) is 22.4. The third-order valence-corrected chi connectivity index (χ3v) is 20.4. The van der Waals surface area contributed by atoms with E-state index in [1.807, 2.05) is 20.8 Å². The lowest BCUT2D eigenvalue weighted by Gasteiger charge is -2.20. The molecule has 24 heavy (non-hydrogen) atoms. The summed E-state index contributed by atoms with van der Waals surface area (Å²) in [7, 11) is 10.4. The smallest absolute Gasteiger partial charge is 0.0906 e. The molecule has 0 spiro atoms. The van der Waals surface area contributed by atoms with Gasteiger partial charge in [0.25, 0.3) is 0 Å². The van der Waals surface area contributed by atoms with Crippen LogP contribution in [0.5, 0.6) is 0 Å². The second-order valence-corrected chi connectivity index (χ2v) is 19.3. The quantitative estimate of drug-likeness (QED) is 0.150. The fraction of sp³-hybridized carbons (Fsp3) is 1.00. The minimum atomic E-state index is -0.740. The maximum Gasteiger partial charge on any atom is 0.0906 e. The first-order valence-corrected chi connectivity index (χ1v) is 19.9. The van der Waals surface area contributed by atoms with E-state index < -0.39 is 24.4 Å². The van der Waals surface area contributed by atoms with Crippen molar-refractivity contribution in [1.29, 1.82) is 0 Å². The van der Waals surface area contributed by atoms with E-state index in [1.54, 1.807) is 21.6 Å². The first-order chi connectivity index (χ1) is 12.4. The highest BCUT2D eigenvalue weighted by atomic mass is 33.7. The van der Waals surface area contributed by atoms with Crippen LogP contribution in [-0.4, -0.2) is 73.3 Å². The summed E-state index contributed by atoms with van der Waals surface area (Å²) in [4.78, 5) is 0. The van der Waals surface area contributed by atoms with Gasteiger partial charge >= 0.3 is 0 Å². The molecule has 2 rings (SSSR count). The van der Waals surface area contributed by atoms with Gasteiger partial charge in [-0.1, -0.05) is 50.2 Å². The van der Waals surface area contributed by atoms with Crippen LogP contribution in [-0.2, 0) is 0 Å². The van der Waals surface area contributed by atoms with Gasteiger partial charge in [0.1, 0.15) is 0 Å². The van der Waals surface area contributed by atoms with Gasteiger partial charge in [-0.15, -0.1) is 0 Å². The molecule has 0 aliphatic carbocycles. The summed E-state index contributed by atoms with van der Waals surface area (Å²) in [5.41, 5.74) is 0.906. The Morgan fingerprint density at radius 1 is 1.04 bits per heavy atom. The van der Waals surface area contributed by atoms with Gasteiger partial charge in [0, 0.05) is 32.9 Å². The molecule has 2 aliphatic rings. The van der Waals surface area contributed by atoms with Crippen molar-refractivity contribution >= 4 is 115 Å². The topological polar surface area (TPSA) is 80.9 Å². The van der Waals surface area contributed by atoms with Crippen LogP contribution in [0.15, 0.2) is 0 Å². The Morgan fingerprint density at radius 3 is 1.46 bits per heavy atom. The molecule has 0 bridgehead atoms. The predicted molar refractivity (Wildman–Crippen MR) is 144 cm³/mol. The maximum atomic E-state index is 8.89. The van der Waals surface area contributed by atoms with Crippen LogP contribution in [0, 0.1) is 0 Å². The molecule has 2 heterocycles. The third kappa shape index (κ3) is 20.7. The lowest BCUT2D eigenvalue weighted by atomic mass is 10.3. The monoisotopic (exact) mass is 555 g/mol. The normalized spacial score (nSPS) is 27.3. The van der Waals surface area contributed by atoms with Crippen molar-refractivity contribution in [3.8, 4) is 0 Å². The lowest BCUT2D eigenvalue weighted by molar-refractivity contribution is 0.0493. The number of rotatable bonds is 4. The van der Waals surface area contributed by atoms with Gasteiger partial charge in [0.15, 0.2) is 0 Å². The Labute approximate surface area is 191 Å². The summed E-state index contributed by atoms with van der Waals surface area (Å²) in [5.74, 6) is 1.88. The Balaban J connectivity index is -0.000000130. The van der Waals surface area contributed by atoms with Crippen molar-refractivity contribution in [2.24, 2.45) is 0 Å². The van der Waals surface area contributed by atoms with Crippen molar-refractivity contribution in [1.82, 2.24) is 0 Å². The Morgan fingerprint density at radius 2 is 1.33 bits per heavy atom. The van der Waals surface area contributed by atoms with E-state index in [0.29, 0.717) is 19.3 Å². The molecule has 7 unspecified atom stereocenters. The van der Waals surface area contributed by atoms with Crippen LogP contribution in [0.2, 0.25) is 0 Å². The van der Waals surface area contributed by atoms with Gasteiger partial charge in [0.05, 0.1) is 24.4 Å². The minimum absolute atomic E-state index is 0. The van der Waals surface area contributed by atoms with Gasteiger partial charge in [0.2, 0.25) is 0 Å². The second-order valence-electron chi connectivity index (χ2n) is 3.89. The van der Waals surface area contributed by atoms with Crippen molar-refractivity contribution in [3.05, 3.63) is 0 Å².